The summed E-state index contributed by atoms with van der Waals surface area (Å²) in [6.45, 7) is 5.49. The number of rotatable bonds is 6. The van der Waals surface area contributed by atoms with Crippen LogP contribution in [0.3, 0.4) is 0 Å². The van der Waals surface area contributed by atoms with Crippen molar-refractivity contribution >= 4 is 5.82 Å². The van der Waals surface area contributed by atoms with Crippen molar-refractivity contribution in [1.82, 2.24) is 9.97 Å². The molecular weight excluding hydrogens is 206 g/mol. The first-order valence-corrected chi connectivity index (χ1v) is 5.36. The Morgan fingerprint density at radius 2 is 2.19 bits per heavy atom. The van der Waals surface area contributed by atoms with Crippen LogP contribution in [0.4, 0.5) is 5.82 Å². The largest absolute Gasteiger partial charge is 0.390 e. The van der Waals surface area contributed by atoms with Crippen LogP contribution in [0.25, 0.3) is 0 Å². The summed E-state index contributed by atoms with van der Waals surface area (Å²) < 4.78 is 5.06. The van der Waals surface area contributed by atoms with Gasteiger partial charge in [0.2, 0.25) is 0 Å². The number of hydrogen-bond donors (Lipinski definition) is 1. The first kappa shape index (κ1) is 12.9. The van der Waals surface area contributed by atoms with E-state index in [0.717, 1.165) is 12.4 Å². The molecule has 0 bridgehead atoms. The molecule has 5 heteroatoms. The van der Waals surface area contributed by atoms with Crippen LogP contribution in [0.1, 0.15) is 19.5 Å². The Labute approximate surface area is 96.1 Å². The van der Waals surface area contributed by atoms with Crippen molar-refractivity contribution in [3.8, 4) is 0 Å². The van der Waals surface area contributed by atoms with Crippen molar-refractivity contribution in [2.45, 2.75) is 26.5 Å². The summed E-state index contributed by atoms with van der Waals surface area (Å²) in [5.74, 6) is 0.776. The molecule has 0 aliphatic heterocycles. The fourth-order valence-corrected chi connectivity index (χ4v) is 1.44. The molecule has 0 saturated carbocycles. The Hall–Kier alpha value is -1.20. The second-order valence-corrected chi connectivity index (χ2v) is 3.81. The summed E-state index contributed by atoms with van der Waals surface area (Å²) in [6, 6.07) is 0.318. The average molecular weight is 225 g/mol. The lowest BCUT2D eigenvalue weighted by molar-refractivity contribution is 0.203. The van der Waals surface area contributed by atoms with Crippen LogP contribution in [0, 0.1) is 0 Å². The number of nitrogens with zero attached hydrogens (tertiary/aromatic N) is 3. The Kier molecular flexibility index (Phi) is 5.14. The maximum absolute atomic E-state index is 9.01. The standard InChI is InChI=1S/C11H19N3O2/c1-9(2)14(4-5-16-3)11-7-12-6-10(8-15)13-11/h6-7,9,15H,4-5,8H2,1-3H3. The molecule has 0 atom stereocenters. The number of aliphatic hydroxyl groups excluding tert-OH is 1. The van der Waals surface area contributed by atoms with E-state index in [1.807, 2.05) is 0 Å². The van der Waals surface area contributed by atoms with E-state index in [1.165, 1.54) is 0 Å². The van der Waals surface area contributed by atoms with Gasteiger partial charge in [-0.25, -0.2) is 4.98 Å². The van der Waals surface area contributed by atoms with Crippen molar-refractivity contribution in [1.29, 1.82) is 0 Å². The average Bonchev–Trinajstić information content (AvgIpc) is 2.29. The van der Waals surface area contributed by atoms with Crippen LogP contribution in [0.5, 0.6) is 0 Å². The molecule has 0 aromatic carbocycles. The molecule has 1 rings (SSSR count). The van der Waals surface area contributed by atoms with Gasteiger partial charge in [-0.1, -0.05) is 0 Å². The Morgan fingerprint density at radius 3 is 2.75 bits per heavy atom. The summed E-state index contributed by atoms with van der Waals surface area (Å²) >= 11 is 0. The van der Waals surface area contributed by atoms with E-state index in [-0.39, 0.29) is 6.61 Å². The zero-order chi connectivity index (χ0) is 12.0. The smallest absolute Gasteiger partial charge is 0.147 e. The summed E-state index contributed by atoms with van der Waals surface area (Å²) in [5.41, 5.74) is 0.584. The Morgan fingerprint density at radius 1 is 1.44 bits per heavy atom. The first-order chi connectivity index (χ1) is 7.69. The highest BCUT2D eigenvalue weighted by atomic mass is 16.5. The molecule has 90 valence electrons. The summed E-state index contributed by atoms with van der Waals surface area (Å²) in [4.78, 5) is 10.5. The zero-order valence-electron chi connectivity index (χ0n) is 10.1. The molecule has 1 heterocycles. The minimum Gasteiger partial charge on any atom is -0.390 e. The number of anilines is 1. The molecule has 0 saturated heterocycles. The minimum absolute atomic E-state index is 0.0863. The monoisotopic (exact) mass is 225 g/mol. The van der Waals surface area contributed by atoms with E-state index in [9.17, 15) is 0 Å². The summed E-state index contributed by atoms with van der Waals surface area (Å²) in [7, 11) is 1.67. The molecule has 0 radical (unpaired) electrons. The van der Waals surface area contributed by atoms with Gasteiger partial charge in [-0.05, 0) is 13.8 Å². The van der Waals surface area contributed by atoms with Crippen LogP contribution in [-0.4, -0.2) is 41.4 Å². The number of hydrogen-bond acceptors (Lipinski definition) is 5. The Balaban J connectivity index is 2.82. The quantitative estimate of drug-likeness (QED) is 0.777. The third-order valence-electron chi connectivity index (χ3n) is 2.29. The number of ether oxygens (including phenoxy) is 1. The fourth-order valence-electron chi connectivity index (χ4n) is 1.44. The number of aromatic nitrogens is 2. The molecule has 0 spiro atoms. The van der Waals surface area contributed by atoms with E-state index in [0.29, 0.717) is 18.3 Å². The van der Waals surface area contributed by atoms with Gasteiger partial charge in [0.1, 0.15) is 5.82 Å². The van der Waals surface area contributed by atoms with Gasteiger partial charge in [-0.2, -0.15) is 0 Å². The van der Waals surface area contributed by atoms with Gasteiger partial charge < -0.3 is 14.7 Å². The highest BCUT2D eigenvalue weighted by Gasteiger charge is 2.12. The lowest BCUT2D eigenvalue weighted by Gasteiger charge is -2.27. The third kappa shape index (κ3) is 3.43. The highest BCUT2D eigenvalue weighted by molar-refractivity contribution is 5.37. The number of aliphatic hydroxyl groups is 1. The predicted octanol–water partition coefficient (Wildman–Crippen LogP) is 0.830. The SMILES string of the molecule is COCCN(c1cncc(CO)n1)C(C)C. The fraction of sp³-hybridized carbons (Fsp3) is 0.636. The molecule has 0 fully saturated rings. The molecule has 5 nitrogen and oxygen atoms in total. The normalized spacial score (nSPS) is 10.8. The molecule has 0 aliphatic rings. The zero-order valence-corrected chi connectivity index (χ0v) is 10.1. The van der Waals surface area contributed by atoms with Crippen molar-refractivity contribution < 1.29 is 9.84 Å². The van der Waals surface area contributed by atoms with E-state index in [1.54, 1.807) is 19.5 Å². The third-order valence-corrected chi connectivity index (χ3v) is 2.29. The van der Waals surface area contributed by atoms with Crippen molar-refractivity contribution in [2.75, 3.05) is 25.2 Å². The predicted molar refractivity (Wildman–Crippen MR) is 62.3 cm³/mol. The number of methoxy groups -OCH3 is 1. The van der Waals surface area contributed by atoms with Crippen LogP contribution in [-0.2, 0) is 11.3 Å². The van der Waals surface area contributed by atoms with Gasteiger partial charge in [-0.3, -0.25) is 4.98 Å². The molecule has 0 unspecified atom stereocenters. The lowest BCUT2D eigenvalue weighted by Crippen LogP contribution is -2.34. The van der Waals surface area contributed by atoms with E-state index >= 15 is 0 Å². The highest BCUT2D eigenvalue weighted by Crippen LogP contribution is 2.12. The maximum Gasteiger partial charge on any atom is 0.147 e. The van der Waals surface area contributed by atoms with Crippen molar-refractivity contribution in [3.63, 3.8) is 0 Å². The van der Waals surface area contributed by atoms with Crippen LogP contribution in [0.15, 0.2) is 12.4 Å². The van der Waals surface area contributed by atoms with Crippen LogP contribution >= 0.6 is 0 Å². The molecular formula is C11H19N3O2. The van der Waals surface area contributed by atoms with Crippen molar-refractivity contribution in [2.24, 2.45) is 0 Å². The molecule has 0 aliphatic carbocycles. The second-order valence-electron chi connectivity index (χ2n) is 3.81. The van der Waals surface area contributed by atoms with E-state index in [4.69, 9.17) is 9.84 Å². The molecule has 0 amide bonds. The first-order valence-electron chi connectivity index (χ1n) is 5.36. The summed E-state index contributed by atoms with van der Waals surface area (Å²) in [5, 5.41) is 9.01. The van der Waals surface area contributed by atoms with Crippen LogP contribution < -0.4 is 4.90 Å². The van der Waals surface area contributed by atoms with E-state index < -0.39 is 0 Å². The summed E-state index contributed by atoms with van der Waals surface area (Å²) in [6.07, 6.45) is 3.27. The molecule has 1 aromatic rings. The van der Waals surface area contributed by atoms with Gasteiger partial charge >= 0.3 is 0 Å². The second kappa shape index (κ2) is 6.40. The topological polar surface area (TPSA) is 58.5 Å². The van der Waals surface area contributed by atoms with E-state index in [2.05, 4.69) is 28.7 Å². The van der Waals surface area contributed by atoms with Gasteiger partial charge in [0.15, 0.2) is 0 Å². The van der Waals surface area contributed by atoms with Crippen LogP contribution in [0.2, 0.25) is 0 Å². The molecule has 1 aromatic heterocycles. The molecule has 16 heavy (non-hydrogen) atoms. The minimum atomic E-state index is -0.0863. The van der Waals surface area contributed by atoms with Gasteiger partial charge in [0.25, 0.3) is 0 Å². The van der Waals surface area contributed by atoms with Gasteiger partial charge in [0, 0.05) is 19.7 Å². The van der Waals surface area contributed by atoms with Gasteiger partial charge in [0.05, 0.1) is 31.3 Å². The van der Waals surface area contributed by atoms with Crippen molar-refractivity contribution in [3.05, 3.63) is 18.1 Å². The van der Waals surface area contributed by atoms with Gasteiger partial charge in [-0.15, -0.1) is 0 Å². The maximum atomic E-state index is 9.01. The lowest BCUT2D eigenvalue weighted by atomic mass is 10.3. The molecule has 1 N–H and O–H groups in total. The Bertz CT molecular complexity index is 318.